The fourth-order valence-electron chi connectivity index (χ4n) is 2.47. The minimum absolute atomic E-state index is 0.746. The van der Waals surface area contributed by atoms with E-state index in [0.717, 1.165) is 22.6 Å². The number of hydrogen-bond donors (Lipinski definition) is 0. The Labute approximate surface area is 120 Å². The molecule has 0 aliphatic carbocycles. The number of rotatable bonds is 8. The van der Waals surface area contributed by atoms with Crippen molar-refractivity contribution in [1.29, 1.82) is 0 Å². The zero-order chi connectivity index (χ0) is 13.5. The van der Waals surface area contributed by atoms with Crippen LogP contribution in [0.2, 0.25) is 5.02 Å². The van der Waals surface area contributed by atoms with Crippen LogP contribution in [0.15, 0.2) is 24.5 Å². The largest absolute Gasteiger partial charge is 0.331 e. The molecule has 0 spiro atoms. The van der Waals surface area contributed by atoms with Crippen molar-refractivity contribution in [3.63, 3.8) is 0 Å². The molecule has 104 valence electrons. The summed E-state index contributed by atoms with van der Waals surface area (Å²) in [6.45, 7) is 3.31. The van der Waals surface area contributed by atoms with Crippen molar-refractivity contribution in [1.82, 2.24) is 9.55 Å². The highest BCUT2D eigenvalue weighted by Gasteiger charge is 2.04. The van der Waals surface area contributed by atoms with Gasteiger partial charge in [0.25, 0.3) is 0 Å². The van der Waals surface area contributed by atoms with Crippen LogP contribution in [0.25, 0.3) is 11.0 Å². The van der Waals surface area contributed by atoms with Crippen LogP contribution in [0.3, 0.4) is 0 Å². The molecule has 0 bridgehead atoms. The first-order chi connectivity index (χ1) is 9.33. The average Bonchev–Trinajstić information content (AvgIpc) is 2.83. The van der Waals surface area contributed by atoms with Crippen molar-refractivity contribution in [2.24, 2.45) is 0 Å². The first-order valence-corrected chi connectivity index (χ1v) is 7.80. The fraction of sp³-hybridized carbons (Fsp3) is 0.562. The van der Waals surface area contributed by atoms with E-state index in [2.05, 4.69) is 22.5 Å². The monoisotopic (exact) mass is 278 g/mol. The van der Waals surface area contributed by atoms with E-state index in [0.29, 0.717) is 0 Å². The normalized spacial score (nSPS) is 11.3. The van der Waals surface area contributed by atoms with Crippen LogP contribution in [-0.4, -0.2) is 9.55 Å². The molecule has 0 aliphatic rings. The van der Waals surface area contributed by atoms with E-state index < -0.39 is 0 Å². The first kappa shape index (κ1) is 14.4. The van der Waals surface area contributed by atoms with Crippen molar-refractivity contribution >= 4 is 22.6 Å². The van der Waals surface area contributed by atoms with E-state index in [1.54, 1.807) is 0 Å². The molecule has 0 atom stereocenters. The predicted molar refractivity (Wildman–Crippen MR) is 82.7 cm³/mol. The number of fused-ring (bicyclic) bond motifs is 1. The molecule has 0 saturated heterocycles. The van der Waals surface area contributed by atoms with Crippen LogP contribution in [-0.2, 0) is 6.54 Å². The number of aromatic nitrogens is 2. The third-order valence-corrected chi connectivity index (χ3v) is 3.91. The number of halogens is 1. The Balaban J connectivity index is 1.77. The maximum absolute atomic E-state index is 6.13. The van der Waals surface area contributed by atoms with Gasteiger partial charge in [-0.1, -0.05) is 63.1 Å². The van der Waals surface area contributed by atoms with Crippen LogP contribution in [0, 0.1) is 0 Å². The summed E-state index contributed by atoms with van der Waals surface area (Å²) in [5.74, 6) is 0. The summed E-state index contributed by atoms with van der Waals surface area (Å²) >= 11 is 6.13. The Bertz CT molecular complexity index is 504. The molecule has 0 fully saturated rings. The summed E-state index contributed by atoms with van der Waals surface area (Å²) in [4.78, 5) is 4.39. The van der Waals surface area contributed by atoms with Crippen molar-refractivity contribution < 1.29 is 0 Å². The molecule has 1 aromatic carbocycles. The molecule has 3 heteroatoms. The van der Waals surface area contributed by atoms with E-state index in [9.17, 15) is 0 Å². The van der Waals surface area contributed by atoms with Gasteiger partial charge in [0.15, 0.2) is 0 Å². The number of imidazole rings is 1. The van der Waals surface area contributed by atoms with E-state index in [4.69, 9.17) is 11.6 Å². The third kappa shape index (κ3) is 3.97. The second kappa shape index (κ2) is 7.54. The van der Waals surface area contributed by atoms with E-state index in [1.807, 2.05) is 18.5 Å². The highest BCUT2D eigenvalue weighted by atomic mass is 35.5. The van der Waals surface area contributed by atoms with Gasteiger partial charge in [-0.3, -0.25) is 0 Å². The summed E-state index contributed by atoms with van der Waals surface area (Å²) in [7, 11) is 0. The molecule has 19 heavy (non-hydrogen) atoms. The summed E-state index contributed by atoms with van der Waals surface area (Å²) < 4.78 is 2.22. The van der Waals surface area contributed by atoms with E-state index in [-0.39, 0.29) is 0 Å². The van der Waals surface area contributed by atoms with Gasteiger partial charge in [-0.25, -0.2) is 4.98 Å². The summed E-state index contributed by atoms with van der Waals surface area (Å²) in [6, 6.07) is 5.98. The molecule has 0 aliphatic heterocycles. The molecular weight excluding hydrogens is 256 g/mol. The van der Waals surface area contributed by atoms with Gasteiger partial charge in [0.2, 0.25) is 0 Å². The van der Waals surface area contributed by atoms with Crippen LogP contribution < -0.4 is 0 Å². The molecule has 2 nitrogen and oxygen atoms in total. The predicted octanol–water partition coefficient (Wildman–Crippen LogP) is 5.44. The first-order valence-electron chi connectivity index (χ1n) is 7.42. The minimum Gasteiger partial charge on any atom is -0.331 e. The van der Waals surface area contributed by atoms with Crippen molar-refractivity contribution in [2.75, 3.05) is 0 Å². The second-order valence-electron chi connectivity index (χ2n) is 5.17. The van der Waals surface area contributed by atoms with Gasteiger partial charge in [-0.15, -0.1) is 0 Å². The molecule has 0 radical (unpaired) electrons. The topological polar surface area (TPSA) is 17.8 Å². The number of para-hydroxylation sites is 1. The van der Waals surface area contributed by atoms with Gasteiger partial charge in [0, 0.05) is 6.54 Å². The van der Waals surface area contributed by atoms with Crippen molar-refractivity contribution in [2.45, 2.75) is 58.4 Å². The van der Waals surface area contributed by atoms with Crippen molar-refractivity contribution in [3.8, 4) is 0 Å². The van der Waals surface area contributed by atoms with Gasteiger partial charge in [-0.2, -0.15) is 0 Å². The average molecular weight is 279 g/mol. The maximum atomic E-state index is 6.13. The summed E-state index contributed by atoms with van der Waals surface area (Å²) in [5, 5.41) is 0.746. The Kier molecular flexibility index (Phi) is 5.71. The highest BCUT2D eigenvalue weighted by molar-refractivity contribution is 6.34. The van der Waals surface area contributed by atoms with Crippen LogP contribution >= 0.6 is 11.6 Å². The zero-order valence-electron chi connectivity index (χ0n) is 11.7. The number of hydrogen-bond acceptors (Lipinski definition) is 1. The Morgan fingerprint density at radius 1 is 1.05 bits per heavy atom. The molecule has 0 unspecified atom stereocenters. The summed E-state index contributed by atoms with van der Waals surface area (Å²) in [6.07, 6.45) is 11.3. The van der Waals surface area contributed by atoms with Gasteiger partial charge >= 0.3 is 0 Å². The SMILES string of the molecule is CCCCCCCCCn1cnc2c(Cl)cccc21. The molecular formula is C16H23ClN2. The Hall–Kier alpha value is -1.02. The molecule has 0 saturated carbocycles. The lowest BCUT2D eigenvalue weighted by Crippen LogP contribution is -1.96. The molecule has 0 N–H and O–H groups in total. The van der Waals surface area contributed by atoms with Gasteiger partial charge in [0.05, 0.1) is 16.9 Å². The molecule has 0 amide bonds. The number of unbranched alkanes of at least 4 members (excludes halogenated alkanes) is 6. The molecule has 1 heterocycles. The lowest BCUT2D eigenvalue weighted by molar-refractivity contribution is 0.555. The fourth-order valence-corrected chi connectivity index (χ4v) is 2.69. The van der Waals surface area contributed by atoms with Gasteiger partial charge in [0.1, 0.15) is 5.52 Å². The number of aryl methyl sites for hydroxylation is 1. The van der Waals surface area contributed by atoms with Crippen LogP contribution in [0.1, 0.15) is 51.9 Å². The summed E-state index contributed by atoms with van der Waals surface area (Å²) in [5.41, 5.74) is 2.07. The quantitative estimate of drug-likeness (QED) is 0.588. The third-order valence-electron chi connectivity index (χ3n) is 3.60. The number of benzene rings is 1. The zero-order valence-corrected chi connectivity index (χ0v) is 12.5. The Morgan fingerprint density at radius 2 is 1.79 bits per heavy atom. The van der Waals surface area contributed by atoms with Crippen LogP contribution in [0.5, 0.6) is 0 Å². The standard InChI is InChI=1S/C16H23ClN2/c1-2-3-4-5-6-7-8-12-19-13-18-16-14(17)10-9-11-15(16)19/h9-11,13H,2-8,12H2,1H3. The Morgan fingerprint density at radius 3 is 2.58 bits per heavy atom. The molecule has 1 aromatic heterocycles. The highest BCUT2D eigenvalue weighted by Crippen LogP contribution is 2.22. The lowest BCUT2D eigenvalue weighted by Gasteiger charge is -2.04. The van der Waals surface area contributed by atoms with Gasteiger partial charge in [-0.05, 0) is 18.6 Å². The minimum atomic E-state index is 0.746. The van der Waals surface area contributed by atoms with Gasteiger partial charge < -0.3 is 4.57 Å². The number of nitrogens with zero attached hydrogens (tertiary/aromatic N) is 2. The lowest BCUT2D eigenvalue weighted by atomic mass is 10.1. The molecule has 2 aromatic rings. The van der Waals surface area contributed by atoms with E-state index in [1.165, 1.54) is 44.9 Å². The maximum Gasteiger partial charge on any atom is 0.107 e. The van der Waals surface area contributed by atoms with Crippen LogP contribution in [0.4, 0.5) is 0 Å². The smallest absolute Gasteiger partial charge is 0.107 e. The molecule has 2 rings (SSSR count). The second-order valence-corrected chi connectivity index (χ2v) is 5.57. The van der Waals surface area contributed by atoms with E-state index >= 15 is 0 Å². The van der Waals surface area contributed by atoms with Crippen molar-refractivity contribution in [3.05, 3.63) is 29.5 Å².